The van der Waals surface area contributed by atoms with Crippen LogP contribution in [-0.2, 0) is 12.7 Å². The Kier molecular flexibility index (Phi) is 5.70. The summed E-state index contributed by atoms with van der Waals surface area (Å²) in [4.78, 5) is 3.63. The van der Waals surface area contributed by atoms with Gasteiger partial charge in [0.2, 0.25) is 0 Å². The molecule has 0 aliphatic rings. The Morgan fingerprint density at radius 3 is 2.38 bits per heavy atom. The average molecular weight is 449 g/mol. The first-order valence-electron chi connectivity index (χ1n) is 8.04. The molecule has 0 spiro atoms. The Labute approximate surface area is 170 Å². The highest BCUT2D eigenvalue weighted by atomic mass is 35.5. The maximum Gasteiger partial charge on any atom is 0.407 e. The Balaban J connectivity index is 2.06. The summed E-state index contributed by atoms with van der Waals surface area (Å²) in [7, 11) is 0. The summed E-state index contributed by atoms with van der Waals surface area (Å²) in [6.07, 6.45) is -9.50. The van der Waals surface area contributed by atoms with Gasteiger partial charge in [-0.05, 0) is 46.7 Å². The molecule has 29 heavy (non-hydrogen) atoms. The molecular weight excluding hydrogens is 438 g/mol. The molecule has 0 fully saturated rings. The summed E-state index contributed by atoms with van der Waals surface area (Å²) in [5, 5.41) is 2.70. The molecular formula is C19H11ClF6N2S. The first kappa shape index (κ1) is 21.3. The molecule has 0 unspecified atom stereocenters. The van der Waals surface area contributed by atoms with Gasteiger partial charge in [-0.25, -0.2) is 4.85 Å². The highest BCUT2D eigenvalue weighted by molar-refractivity contribution is 7.17. The van der Waals surface area contributed by atoms with Crippen molar-refractivity contribution < 1.29 is 26.3 Å². The van der Waals surface area contributed by atoms with E-state index in [0.29, 0.717) is 22.0 Å². The number of hydrogen-bond acceptors (Lipinski definition) is 2. The molecule has 1 heterocycles. The number of alkyl halides is 6. The first-order valence-corrected chi connectivity index (χ1v) is 9.30. The molecule has 0 aliphatic heterocycles. The fraction of sp³-hybridized carbons (Fsp3) is 0.211. The highest BCUT2D eigenvalue weighted by Crippen LogP contribution is 2.40. The van der Waals surface area contributed by atoms with E-state index in [9.17, 15) is 26.3 Å². The van der Waals surface area contributed by atoms with E-state index >= 15 is 0 Å². The molecule has 0 bridgehead atoms. The van der Waals surface area contributed by atoms with E-state index in [2.05, 4.69) is 4.85 Å². The minimum Gasteiger partial charge on any atom is -0.358 e. The van der Waals surface area contributed by atoms with Gasteiger partial charge in [0, 0.05) is 22.0 Å². The van der Waals surface area contributed by atoms with E-state index in [0.717, 1.165) is 21.7 Å². The number of thiophene rings is 1. The van der Waals surface area contributed by atoms with Gasteiger partial charge < -0.3 is 4.90 Å². The van der Waals surface area contributed by atoms with Gasteiger partial charge in [0.25, 0.3) is 0 Å². The summed E-state index contributed by atoms with van der Waals surface area (Å²) in [6, 6.07) is 7.55. The van der Waals surface area contributed by atoms with Gasteiger partial charge in [-0.3, -0.25) is 0 Å². The van der Waals surface area contributed by atoms with Crippen molar-refractivity contribution in [2.24, 2.45) is 0 Å². The molecule has 0 aliphatic carbocycles. The van der Waals surface area contributed by atoms with Gasteiger partial charge >= 0.3 is 12.4 Å². The predicted octanol–water partition coefficient (Wildman–Crippen LogP) is 7.69. The lowest BCUT2D eigenvalue weighted by Crippen LogP contribution is -2.34. The van der Waals surface area contributed by atoms with E-state index in [1.165, 1.54) is 11.3 Å². The van der Waals surface area contributed by atoms with E-state index < -0.39 is 30.1 Å². The smallest absolute Gasteiger partial charge is 0.358 e. The van der Waals surface area contributed by atoms with E-state index in [-0.39, 0.29) is 12.2 Å². The molecule has 3 rings (SSSR count). The molecule has 1 aromatic heterocycles. The number of hydrogen-bond donors (Lipinski definition) is 0. The minimum atomic E-state index is -4.86. The van der Waals surface area contributed by atoms with Crippen LogP contribution in [-0.4, -0.2) is 12.7 Å². The molecule has 0 amide bonds. The monoisotopic (exact) mass is 448 g/mol. The van der Waals surface area contributed by atoms with Crippen LogP contribution in [0.3, 0.4) is 0 Å². The fourth-order valence-electron chi connectivity index (χ4n) is 2.88. The second kappa shape index (κ2) is 7.76. The molecule has 0 atom stereocenters. The lowest BCUT2D eigenvalue weighted by atomic mass is 10.1. The van der Waals surface area contributed by atoms with E-state index in [4.69, 9.17) is 18.2 Å². The zero-order chi connectivity index (χ0) is 21.4. The minimum absolute atomic E-state index is 0.269. The number of fused-ring (bicyclic) bond motifs is 1. The van der Waals surface area contributed by atoms with Gasteiger partial charge in [0.1, 0.15) is 6.54 Å². The summed E-state index contributed by atoms with van der Waals surface area (Å²) in [6.45, 7) is 5.16. The Morgan fingerprint density at radius 2 is 1.76 bits per heavy atom. The van der Waals surface area contributed by atoms with Crippen molar-refractivity contribution in [2.75, 3.05) is 11.4 Å². The van der Waals surface area contributed by atoms with Crippen LogP contribution in [0.15, 0.2) is 41.8 Å². The number of rotatable bonds is 4. The molecule has 0 saturated carbocycles. The van der Waals surface area contributed by atoms with E-state index in [1.54, 1.807) is 23.6 Å². The molecule has 2 aromatic carbocycles. The summed E-state index contributed by atoms with van der Waals surface area (Å²) >= 11 is 7.27. The van der Waals surface area contributed by atoms with Crippen LogP contribution in [0.4, 0.5) is 37.7 Å². The van der Waals surface area contributed by atoms with Gasteiger partial charge in [-0.2, -0.15) is 26.3 Å². The van der Waals surface area contributed by atoms with Crippen molar-refractivity contribution in [3.8, 4) is 0 Å². The van der Waals surface area contributed by atoms with Crippen LogP contribution >= 0.6 is 22.9 Å². The maximum absolute atomic E-state index is 13.2. The lowest BCUT2D eigenvalue weighted by molar-refractivity contribution is -0.136. The lowest BCUT2D eigenvalue weighted by Gasteiger charge is -2.27. The van der Waals surface area contributed by atoms with Crippen molar-refractivity contribution in [3.63, 3.8) is 0 Å². The first-order chi connectivity index (χ1) is 13.5. The molecule has 2 nitrogen and oxygen atoms in total. The van der Waals surface area contributed by atoms with Crippen molar-refractivity contribution in [1.82, 2.24) is 0 Å². The average Bonchev–Trinajstić information content (AvgIpc) is 3.01. The zero-order valence-electron chi connectivity index (χ0n) is 14.4. The Bertz CT molecular complexity index is 1080. The van der Waals surface area contributed by atoms with Gasteiger partial charge in [0.05, 0.1) is 12.1 Å². The second-order valence-electron chi connectivity index (χ2n) is 6.18. The topological polar surface area (TPSA) is 7.60 Å². The second-order valence-corrected chi connectivity index (χ2v) is 7.53. The molecule has 0 saturated heterocycles. The van der Waals surface area contributed by atoms with Crippen molar-refractivity contribution in [3.05, 3.63) is 69.3 Å². The third-order valence-corrected chi connectivity index (χ3v) is 5.37. The fourth-order valence-corrected chi connectivity index (χ4v) is 3.99. The summed E-state index contributed by atoms with van der Waals surface area (Å²) in [5.41, 5.74) is -1.70. The largest absolute Gasteiger partial charge is 0.407 e. The molecule has 0 N–H and O–H groups in total. The Hall–Kier alpha value is -2.44. The van der Waals surface area contributed by atoms with Crippen LogP contribution in [0.5, 0.6) is 0 Å². The third kappa shape index (κ3) is 4.95. The van der Waals surface area contributed by atoms with Crippen LogP contribution in [0.2, 0.25) is 5.02 Å². The van der Waals surface area contributed by atoms with Crippen LogP contribution in [0.25, 0.3) is 14.9 Å². The highest BCUT2D eigenvalue weighted by Gasteiger charge is 2.36. The van der Waals surface area contributed by atoms with Crippen LogP contribution in [0, 0.1) is 6.57 Å². The molecule has 152 valence electrons. The summed E-state index contributed by atoms with van der Waals surface area (Å²) in [5.74, 6) is 0. The van der Waals surface area contributed by atoms with Gasteiger partial charge in [-0.15, -0.1) is 11.3 Å². The molecule has 10 heteroatoms. The molecule has 3 aromatic rings. The SMILES string of the molecule is [C-]#[N+]c1ccc(N(Cc2csc3ccc(Cl)cc23)CC(F)(F)F)cc1C(F)(F)F. The quantitative estimate of drug-likeness (QED) is 0.293. The van der Waals surface area contributed by atoms with Crippen molar-refractivity contribution >= 4 is 44.4 Å². The van der Waals surface area contributed by atoms with Crippen LogP contribution < -0.4 is 4.90 Å². The predicted molar refractivity (Wildman–Crippen MR) is 102 cm³/mol. The number of anilines is 1. The normalized spacial score (nSPS) is 12.2. The number of halogens is 7. The van der Waals surface area contributed by atoms with Crippen molar-refractivity contribution in [2.45, 2.75) is 18.9 Å². The zero-order valence-corrected chi connectivity index (χ0v) is 16.0. The van der Waals surface area contributed by atoms with Gasteiger partial charge in [-0.1, -0.05) is 17.7 Å². The van der Waals surface area contributed by atoms with Gasteiger partial charge in [0.15, 0.2) is 5.69 Å². The Morgan fingerprint density at radius 1 is 1.03 bits per heavy atom. The third-order valence-electron chi connectivity index (χ3n) is 4.12. The standard InChI is InChI=1S/C19H11ClF6N2S/c1-27-16-4-3-13(7-15(16)19(24,25)26)28(10-18(21,22)23)8-11-9-29-17-5-2-12(20)6-14(11)17/h2-7,9H,8,10H2. The van der Waals surface area contributed by atoms with Crippen LogP contribution in [0.1, 0.15) is 11.1 Å². The van der Waals surface area contributed by atoms with Crippen molar-refractivity contribution in [1.29, 1.82) is 0 Å². The number of nitrogens with zero attached hydrogens (tertiary/aromatic N) is 2. The maximum atomic E-state index is 13.2. The molecule has 0 radical (unpaired) electrons. The summed E-state index contributed by atoms with van der Waals surface area (Å²) < 4.78 is 80.0. The number of benzene rings is 2. The van der Waals surface area contributed by atoms with E-state index in [1.807, 2.05) is 0 Å².